The number of aryl methyl sites for hydroxylation is 2. The lowest BCUT2D eigenvalue weighted by molar-refractivity contribution is 0.252. The third-order valence-electron chi connectivity index (χ3n) is 3.73. The summed E-state index contributed by atoms with van der Waals surface area (Å²) in [6.07, 6.45) is 4.39. The van der Waals surface area contributed by atoms with Crippen molar-refractivity contribution in [3.8, 4) is 6.07 Å². The van der Waals surface area contributed by atoms with Crippen LogP contribution in [-0.2, 0) is 19.4 Å². The molecule has 17 heavy (non-hydrogen) atoms. The predicted molar refractivity (Wildman–Crippen MR) is 69.6 cm³/mol. The van der Waals surface area contributed by atoms with Crippen LogP contribution in [0.15, 0.2) is 18.2 Å². The molecule has 2 heteroatoms. The van der Waals surface area contributed by atoms with E-state index in [0.717, 1.165) is 6.54 Å². The molecule has 0 saturated heterocycles. The van der Waals surface area contributed by atoms with Crippen molar-refractivity contribution in [1.29, 1.82) is 5.26 Å². The SMILES string of the molecule is CC(CC#N)N(C)Cc1ccc2c(c1)CCC2. The van der Waals surface area contributed by atoms with E-state index in [1.807, 2.05) is 0 Å². The molecule has 0 aromatic heterocycles. The summed E-state index contributed by atoms with van der Waals surface area (Å²) in [4.78, 5) is 2.25. The first kappa shape index (κ1) is 12.1. The summed E-state index contributed by atoms with van der Waals surface area (Å²) in [5, 5.41) is 8.70. The molecule has 90 valence electrons. The maximum atomic E-state index is 8.70. The van der Waals surface area contributed by atoms with E-state index < -0.39 is 0 Å². The fourth-order valence-electron chi connectivity index (χ4n) is 2.46. The molecule has 2 nitrogen and oxygen atoms in total. The molecule has 0 spiro atoms. The quantitative estimate of drug-likeness (QED) is 0.792. The second-order valence-electron chi connectivity index (χ2n) is 5.08. The fraction of sp³-hybridized carbons (Fsp3) is 0.533. The number of benzene rings is 1. The van der Waals surface area contributed by atoms with Crippen LogP contribution in [0, 0.1) is 11.3 Å². The molecule has 1 aliphatic carbocycles. The van der Waals surface area contributed by atoms with E-state index in [1.54, 1.807) is 0 Å². The topological polar surface area (TPSA) is 27.0 Å². The number of nitrogens with zero attached hydrogens (tertiary/aromatic N) is 2. The van der Waals surface area contributed by atoms with Crippen molar-refractivity contribution < 1.29 is 0 Å². The highest BCUT2D eigenvalue weighted by Gasteiger charge is 2.13. The van der Waals surface area contributed by atoms with Crippen molar-refractivity contribution in [1.82, 2.24) is 4.90 Å². The predicted octanol–water partition coefficient (Wildman–Crippen LogP) is 2.91. The van der Waals surface area contributed by atoms with Gasteiger partial charge in [0, 0.05) is 12.6 Å². The maximum absolute atomic E-state index is 8.70. The van der Waals surface area contributed by atoms with Gasteiger partial charge in [0.2, 0.25) is 0 Å². The highest BCUT2D eigenvalue weighted by atomic mass is 15.1. The zero-order valence-electron chi connectivity index (χ0n) is 10.7. The molecule has 2 rings (SSSR count). The van der Waals surface area contributed by atoms with Gasteiger partial charge < -0.3 is 0 Å². The molecule has 1 atom stereocenters. The van der Waals surface area contributed by atoms with Crippen LogP contribution in [0.4, 0.5) is 0 Å². The largest absolute Gasteiger partial charge is 0.298 e. The molecule has 1 aromatic carbocycles. The minimum atomic E-state index is 0.327. The lowest BCUT2D eigenvalue weighted by Crippen LogP contribution is -2.28. The van der Waals surface area contributed by atoms with E-state index in [1.165, 1.54) is 36.0 Å². The molecule has 0 N–H and O–H groups in total. The number of fused-ring (bicyclic) bond motifs is 1. The standard InChI is InChI=1S/C15H20N2/c1-12(8-9-16)17(2)11-13-6-7-14-4-3-5-15(14)10-13/h6-7,10,12H,3-5,8,11H2,1-2H3. The second kappa shape index (κ2) is 5.33. The van der Waals surface area contributed by atoms with Crippen molar-refractivity contribution in [2.75, 3.05) is 7.05 Å². The normalized spacial score (nSPS) is 15.6. The van der Waals surface area contributed by atoms with E-state index in [0.29, 0.717) is 12.5 Å². The molecule has 0 saturated carbocycles. The smallest absolute Gasteiger partial charge is 0.0638 e. The molecule has 1 aliphatic rings. The van der Waals surface area contributed by atoms with E-state index in [2.05, 4.69) is 43.1 Å². The Bertz CT molecular complexity index is 431. The van der Waals surface area contributed by atoms with Crippen LogP contribution in [0.1, 0.15) is 36.5 Å². The molecule has 0 radical (unpaired) electrons. The Hall–Kier alpha value is -1.33. The zero-order chi connectivity index (χ0) is 12.3. The van der Waals surface area contributed by atoms with Gasteiger partial charge in [-0.2, -0.15) is 5.26 Å². The third-order valence-corrected chi connectivity index (χ3v) is 3.73. The molecule has 0 aliphatic heterocycles. The summed E-state index contributed by atoms with van der Waals surface area (Å²) in [5.41, 5.74) is 4.43. The van der Waals surface area contributed by atoms with Gasteiger partial charge in [-0.3, -0.25) is 4.90 Å². The highest BCUT2D eigenvalue weighted by molar-refractivity contribution is 5.35. The van der Waals surface area contributed by atoms with E-state index in [-0.39, 0.29) is 0 Å². The zero-order valence-corrected chi connectivity index (χ0v) is 10.7. The molecule has 0 heterocycles. The summed E-state index contributed by atoms with van der Waals surface area (Å²) in [6, 6.07) is 9.42. The Morgan fingerprint density at radius 3 is 2.88 bits per heavy atom. The van der Waals surface area contributed by atoms with Crippen LogP contribution >= 0.6 is 0 Å². The van der Waals surface area contributed by atoms with Crippen molar-refractivity contribution in [3.63, 3.8) is 0 Å². The van der Waals surface area contributed by atoms with Crippen LogP contribution in [0.3, 0.4) is 0 Å². The molecule has 1 aromatic rings. The Kier molecular flexibility index (Phi) is 3.81. The minimum Gasteiger partial charge on any atom is -0.298 e. The Morgan fingerprint density at radius 1 is 1.35 bits per heavy atom. The van der Waals surface area contributed by atoms with Crippen LogP contribution in [0.25, 0.3) is 0 Å². The molecular weight excluding hydrogens is 208 g/mol. The Morgan fingerprint density at radius 2 is 2.12 bits per heavy atom. The number of rotatable bonds is 4. The number of hydrogen-bond donors (Lipinski definition) is 0. The van der Waals surface area contributed by atoms with Gasteiger partial charge in [0.25, 0.3) is 0 Å². The number of hydrogen-bond acceptors (Lipinski definition) is 2. The van der Waals surface area contributed by atoms with Crippen LogP contribution in [0.2, 0.25) is 0 Å². The van der Waals surface area contributed by atoms with Crippen LogP contribution in [0.5, 0.6) is 0 Å². The van der Waals surface area contributed by atoms with Crippen molar-refractivity contribution in [2.45, 2.75) is 45.2 Å². The Balaban J connectivity index is 2.02. The molecule has 0 amide bonds. The Labute approximate surface area is 104 Å². The van der Waals surface area contributed by atoms with Gasteiger partial charge in [-0.25, -0.2) is 0 Å². The van der Waals surface area contributed by atoms with Crippen LogP contribution in [-0.4, -0.2) is 18.0 Å². The van der Waals surface area contributed by atoms with Crippen molar-refractivity contribution in [2.24, 2.45) is 0 Å². The first-order valence-electron chi connectivity index (χ1n) is 6.38. The van der Waals surface area contributed by atoms with Gasteiger partial charge in [-0.05, 0) is 49.9 Å². The monoisotopic (exact) mass is 228 g/mol. The summed E-state index contributed by atoms with van der Waals surface area (Å²) in [7, 11) is 2.09. The molecule has 0 bridgehead atoms. The van der Waals surface area contributed by atoms with Gasteiger partial charge in [0.05, 0.1) is 12.5 Å². The van der Waals surface area contributed by atoms with E-state index >= 15 is 0 Å². The summed E-state index contributed by atoms with van der Waals surface area (Å²) in [5.74, 6) is 0. The maximum Gasteiger partial charge on any atom is 0.0638 e. The summed E-state index contributed by atoms with van der Waals surface area (Å²) >= 11 is 0. The second-order valence-corrected chi connectivity index (χ2v) is 5.08. The molecule has 0 fully saturated rings. The number of nitriles is 1. The molecule has 1 unspecified atom stereocenters. The average Bonchev–Trinajstić information content (AvgIpc) is 2.76. The lowest BCUT2D eigenvalue weighted by Gasteiger charge is -2.22. The van der Waals surface area contributed by atoms with Crippen molar-refractivity contribution in [3.05, 3.63) is 34.9 Å². The van der Waals surface area contributed by atoms with Gasteiger partial charge in [0.15, 0.2) is 0 Å². The van der Waals surface area contributed by atoms with Gasteiger partial charge in [-0.15, -0.1) is 0 Å². The highest BCUT2D eigenvalue weighted by Crippen LogP contribution is 2.23. The van der Waals surface area contributed by atoms with Crippen LogP contribution < -0.4 is 0 Å². The lowest BCUT2D eigenvalue weighted by atomic mass is 10.1. The third kappa shape index (κ3) is 2.87. The summed E-state index contributed by atoms with van der Waals surface area (Å²) < 4.78 is 0. The first-order chi connectivity index (χ1) is 8.20. The molecular formula is C15H20N2. The van der Waals surface area contributed by atoms with Gasteiger partial charge in [0.1, 0.15) is 0 Å². The average molecular weight is 228 g/mol. The minimum absolute atomic E-state index is 0.327. The van der Waals surface area contributed by atoms with Gasteiger partial charge >= 0.3 is 0 Å². The van der Waals surface area contributed by atoms with E-state index in [4.69, 9.17) is 5.26 Å². The van der Waals surface area contributed by atoms with E-state index in [9.17, 15) is 0 Å². The summed E-state index contributed by atoms with van der Waals surface area (Å²) in [6.45, 7) is 3.05. The van der Waals surface area contributed by atoms with Crippen molar-refractivity contribution >= 4 is 0 Å². The first-order valence-corrected chi connectivity index (χ1v) is 6.38. The van der Waals surface area contributed by atoms with Gasteiger partial charge in [-0.1, -0.05) is 18.2 Å². The fourth-order valence-corrected chi connectivity index (χ4v) is 2.46.